The number of aryl methyl sites for hydroxylation is 2. The fraction of sp³-hybridized carbons (Fsp3) is 0.250. The van der Waals surface area contributed by atoms with Gasteiger partial charge in [-0.2, -0.15) is 0 Å². The van der Waals surface area contributed by atoms with Gasteiger partial charge in [0.05, 0.1) is 6.61 Å². The molecule has 3 rings (SSSR count). The second-order valence-corrected chi connectivity index (χ2v) is 8.22. The predicted octanol–water partition coefficient (Wildman–Crippen LogP) is 4.96. The first-order valence-corrected chi connectivity index (χ1v) is 11.5. The van der Waals surface area contributed by atoms with Crippen molar-refractivity contribution in [3.05, 3.63) is 89.0 Å². The summed E-state index contributed by atoms with van der Waals surface area (Å²) >= 11 is 0. The molecule has 0 spiro atoms. The van der Waals surface area contributed by atoms with Crippen molar-refractivity contribution < 1.29 is 23.9 Å². The van der Waals surface area contributed by atoms with Crippen LogP contribution in [-0.4, -0.2) is 24.4 Å². The van der Waals surface area contributed by atoms with Crippen LogP contribution in [0.25, 0.3) is 0 Å². The highest BCUT2D eigenvalue weighted by molar-refractivity contribution is 6.04. The lowest BCUT2D eigenvalue weighted by atomic mass is 10.1. The highest BCUT2D eigenvalue weighted by Crippen LogP contribution is 2.22. The summed E-state index contributed by atoms with van der Waals surface area (Å²) in [5.74, 6) is 0.393. The number of carbonyl (C=O) groups is 3. The number of hydrogen-bond donors (Lipinski definition) is 2. The Kier molecular flexibility index (Phi) is 9.01. The Labute approximate surface area is 205 Å². The van der Waals surface area contributed by atoms with E-state index in [0.717, 1.165) is 22.4 Å². The van der Waals surface area contributed by atoms with Gasteiger partial charge in [0.15, 0.2) is 0 Å². The number of hydrogen-bond acceptors (Lipinski definition) is 5. The van der Waals surface area contributed by atoms with Gasteiger partial charge in [-0.05, 0) is 67.3 Å². The van der Waals surface area contributed by atoms with E-state index in [4.69, 9.17) is 9.47 Å². The van der Waals surface area contributed by atoms with E-state index in [2.05, 4.69) is 10.6 Å². The molecule has 0 saturated carbocycles. The summed E-state index contributed by atoms with van der Waals surface area (Å²) < 4.78 is 10.9. The van der Waals surface area contributed by atoms with Crippen LogP contribution >= 0.6 is 0 Å². The molecule has 0 fully saturated rings. The highest BCUT2D eigenvalue weighted by Gasteiger charge is 2.09. The van der Waals surface area contributed by atoms with Crippen LogP contribution in [0, 0.1) is 13.8 Å². The van der Waals surface area contributed by atoms with Gasteiger partial charge in [0.2, 0.25) is 5.91 Å². The van der Waals surface area contributed by atoms with Crippen LogP contribution < -0.4 is 20.1 Å². The average molecular weight is 475 g/mol. The van der Waals surface area contributed by atoms with Gasteiger partial charge in [0, 0.05) is 31.1 Å². The Hall–Kier alpha value is -4.13. The predicted molar refractivity (Wildman–Crippen MR) is 135 cm³/mol. The Morgan fingerprint density at radius 3 is 2.26 bits per heavy atom. The van der Waals surface area contributed by atoms with Crippen molar-refractivity contribution in [2.24, 2.45) is 0 Å². The number of nitrogens with one attached hydrogen (secondary N) is 2. The van der Waals surface area contributed by atoms with Crippen molar-refractivity contribution in [1.29, 1.82) is 0 Å². The van der Waals surface area contributed by atoms with Crippen molar-refractivity contribution in [3.8, 4) is 11.5 Å². The summed E-state index contributed by atoms with van der Waals surface area (Å²) in [6.45, 7) is 6.20. The first-order chi connectivity index (χ1) is 16.8. The van der Waals surface area contributed by atoms with Crippen LogP contribution in [0.4, 0.5) is 5.69 Å². The molecule has 0 aliphatic rings. The molecule has 7 nitrogen and oxygen atoms in total. The third kappa shape index (κ3) is 7.99. The van der Waals surface area contributed by atoms with E-state index >= 15 is 0 Å². The van der Waals surface area contributed by atoms with E-state index in [1.54, 1.807) is 30.3 Å². The Balaban J connectivity index is 1.41. The minimum absolute atomic E-state index is 0.0415. The highest BCUT2D eigenvalue weighted by atomic mass is 16.5. The van der Waals surface area contributed by atoms with Gasteiger partial charge in [0.1, 0.15) is 11.5 Å². The first-order valence-electron chi connectivity index (χ1n) is 11.5. The van der Waals surface area contributed by atoms with Crippen LogP contribution in [-0.2, 0) is 16.1 Å². The first kappa shape index (κ1) is 25.5. The summed E-state index contributed by atoms with van der Waals surface area (Å²) in [6.07, 6.45) is 1.01. The Bertz CT molecular complexity index is 1170. The largest absolute Gasteiger partial charge is 0.493 e. The molecule has 0 saturated heterocycles. The van der Waals surface area contributed by atoms with E-state index in [0.29, 0.717) is 43.0 Å². The summed E-state index contributed by atoms with van der Waals surface area (Å²) in [7, 11) is 0. The number of anilines is 1. The second kappa shape index (κ2) is 12.4. The maximum atomic E-state index is 12.5. The van der Waals surface area contributed by atoms with E-state index in [9.17, 15) is 14.4 Å². The molecule has 3 aromatic rings. The van der Waals surface area contributed by atoms with Crippen molar-refractivity contribution in [1.82, 2.24) is 5.32 Å². The molecule has 0 aliphatic heterocycles. The molecule has 7 heteroatoms. The molecule has 2 N–H and O–H groups in total. The maximum Gasteiger partial charge on any atom is 0.308 e. The minimum atomic E-state index is -0.448. The molecule has 0 unspecified atom stereocenters. The number of para-hydroxylation sites is 1. The fourth-order valence-electron chi connectivity index (χ4n) is 3.50. The van der Waals surface area contributed by atoms with Crippen molar-refractivity contribution in [2.75, 3.05) is 11.9 Å². The second-order valence-electron chi connectivity index (χ2n) is 8.22. The van der Waals surface area contributed by atoms with Crippen molar-refractivity contribution in [3.63, 3.8) is 0 Å². The zero-order valence-corrected chi connectivity index (χ0v) is 20.2. The molecule has 2 amide bonds. The molecule has 0 radical (unpaired) electrons. The number of rotatable bonds is 10. The van der Waals surface area contributed by atoms with Crippen LogP contribution in [0.15, 0.2) is 66.7 Å². The molecular weight excluding hydrogens is 444 g/mol. The van der Waals surface area contributed by atoms with Crippen molar-refractivity contribution >= 4 is 23.5 Å². The molecule has 3 aromatic carbocycles. The van der Waals surface area contributed by atoms with Crippen LogP contribution in [0.5, 0.6) is 11.5 Å². The van der Waals surface area contributed by atoms with Gasteiger partial charge >= 0.3 is 5.97 Å². The smallest absolute Gasteiger partial charge is 0.308 e. The van der Waals surface area contributed by atoms with E-state index in [1.165, 1.54) is 13.0 Å². The molecule has 0 bridgehead atoms. The molecule has 35 heavy (non-hydrogen) atoms. The summed E-state index contributed by atoms with van der Waals surface area (Å²) in [6, 6.07) is 19.6. The third-order valence-electron chi connectivity index (χ3n) is 5.26. The monoisotopic (exact) mass is 474 g/mol. The molecule has 0 heterocycles. The normalized spacial score (nSPS) is 10.4. The number of ether oxygens (including phenoxy) is 2. The van der Waals surface area contributed by atoms with Crippen molar-refractivity contribution in [2.45, 2.75) is 40.2 Å². The molecule has 0 aromatic heterocycles. The van der Waals surface area contributed by atoms with Crippen LogP contribution in [0.2, 0.25) is 0 Å². The average Bonchev–Trinajstić information content (AvgIpc) is 2.82. The van der Waals surface area contributed by atoms with Gasteiger partial charge < -0.3 is 20.1 Å². The number of carbonyl (C=O) groups excluding carboxylic acids is 3. The van der Waals surface area contributed by atoms with Gasteiger partial charge in [-0.3, -0.25) is 14.4 Å². The van der Waals surface area contributed by atoms with E-state index < -0.39 is 5.97 Å². The van der Waals surface area contributed by atoms with Crippen LogP contribution in [0.3, 0.4) is 0 Å². The maximum absolute atomic E-state index is 12.5. The lowest BCUT2D eigenvalue weighted by Gasteiger charge is -2.12. The third-order valence-corrected chi connectivity index (χ3v) is 5.26. The Morgan fingerprint density at radius 1 is 0.886 bits per heavy atom. The zero-order valence-electron chi connectivity index (χ0n) is 20.2. The SMILES string of the molecule is CC(=O)Oc1cccc(C(=O)Nc2ccc(CNC(=O)CCCOc3c(C)cccc3C)cc2)c1. The van der Waals surface area contributed by atoms with Gasteiger partial charge in [-0.1, -0.05) is 36.4 Å². The van der Waals surface area contributed by atoms with E-state index in [1.807, 2.05) is 44.2 Å². The number of amides is 2. The summed E-state index contributed by atoms with van der Waals surface area (Å²) in [4.78, 5) is 35.8. The molecular formula is C28H30N2O5. The molecule has 182 valence electrons. The lowest BCUT2D eigenvalue weighted by Crippen LogP contribution is -2.23. The number of esters is 1. The van der Waals surface area contributed by atoms with Crippen LogP contribution in [0.1, 0.15) is 46.8 Å². The summed E-state index contributed by atoms with van der Waals surface area (Å²) in [5.41, 5.74) is 4.09. The standard InChI is InChI=1S/C28H30N2O5/c1-19-7-4-8-20(2)27(19)34-16-6-11-26(32)29-18-22-12-14-24(15-13-22)30-28(33)23-9-5-10-25(17-23)35-21(3)31/h4-5,7-10,12-15,17H,6,11,16,18H2,1-3H3,(H,29,32)(H,30,33). The number of benzene rings is 3. The molecule has 0 atom stereocenters. The molecule has 0 aliphatic carbocycles. The fourth-order valence-corrected chi connectivity index (χ4v) is 3.50. The lowest BCUT2D eigenvalue weighted by molar-refractivity contribution is -0.131. The van der Waals surface area contributed by atoms with Gasteiger partial charge in [0.25, 0.3) is 5.91 Å². The van der Waals surface area contributed by atoms with E-state index in [-0.39, 0.29) is 11.8 Å². The zero-order chi connectivity index (χ0) is 25.2. The van der Waals surface area contributed by atoms with Gasteiger partial charge in [-0.25, -0.2) is 0 Å². The topological polar surface area (TPSA) is 93.7 Å². The van der Waals surface area contributed by atoms with Gasteiger partial charge in [-0.15, -0.1) is 0 Å². The minimum Gasteiger partial charge on any atom is -0.493 e. The quantitative estimate of drug-likeness (QED) is 0.246. The Morgan fingerprint density at radius 2 is 1.57 bits per heavy atom. The summed E-state index contributed by atoms with van der Waals surface area (Å²) in [5, 5.41) is 5.71.